The summed E-state index contributed by atoms with van der Waals surface area (Å²) in [7, 11) is 2.02. The molecule has 0 radical (unpaired) electrons. The van der Waals surface area contributed by atoms with Gasteiger partial charge in [0, 0.05) is 32.5 Å². The lowest BCUT2D eigenvalue weighted by molar-refractivity contribution is -0.196. The lowest BCUT2D eigenvalue weighted by Gasteiger charge is -2.36. The predicted molar refractivity (Wildman–Crippen MR) is 150 cm³/mol. The minimum Gasteiger partial charge on any atom is -0.376 e. The van der Waals surface area contributed by atoms with Crippen molar-refractivity contribution < 1.29 is 35.6 Å². The van der Waals surface area contributed by atoms with Gasteiger partial charge in [-0.1, -0.05) is 40.9 Å². The van der Waals surface area contributed by atoms with Gasteiger partial charge in [0.2, 0.25) is 5.60 Å². The van der Waals surface area contributed by atoms with Crippen molar-refractivity contribution in [3.63, 3.8) is 0 Å². The molecule has 1 aromatic carbocycles. The Labute approximate surface area is 244 Å². The molecule has 3 heterocycles. The van der Waals surface area contributed by atoms with Gasteiger partial charge < -0.3 is 10.2 Å². The number of hydrogen-bond acceptors (Lipinski definition) is 6. The van der Waals surface area contributed by atoms with Crippen LogP contribution in [-0.2, 0) is 16.6 Å². The molecule has 0 bridgehead atoms. The van der Waals surface area contributed by atoms with E-state index in [9.17, 15) is 30.7 Å². The van der Waals surface area contributed by atoms with E-state index in [0.29, 0.717) is 18.6 Å². The maximum absolute atomic E-state index is 14.8. The second kappa shape index (κ2) is 12.5. The molecule has 13 heteroatoms. The standard InChI is InChI=1S/C24H21F7N2O.C5H12N2S/c1-13-8-16(7-6-15(13)9-14-4-3-5-14)19-12-23(34-33-19,22(2,27)28)20-11-17(24(29,30)31)10-18(32-20)21(25)26;1-6-5-3-7(4-5)8-2/h6-11,21H,3-5,12H2,1-2H3;5-6H,3-4H2,1-2H3. The summed E-state index contributed by atoms with van der Waals surface area (Å²) in [6.45, 7) is 4.69. The van der Waals surface area contributed by atoms with Gasteiger partial charge in [-0.25, -0.2) is 26.9 Å². The molecule has 1 atom stereocenters. The van der Waals surface area contributed by atoms with Crippen LogP contribution in [0.5, 0.6) is 0 Å². The Balaban J connectivity index is 0.000000437. The third-order valence-electron chi connectivity index (χ3n) is 7.72. The van der Waals surface area contributed by atoms with Gasteiger partial charge in [0.15, 0.2) is 0 Å². The second-order valence-corrected chi connectivity index (χ2v) is 11.6. The van der Waals surface area contributed by atoms with Crippen molar-refractivity contribution in [1.29, 1.82) is 0 Å². The largest absolute Gasteiger partial charge is 0.416 e. The molecule has 5 nitrogen and oxygen atoms in total. The Kier molecular flexibility index (Phi) is 9.63. The van der Waals surface area contributed by atoms with Gasteiger partial charge in [0.05, 0.1) is 17.0 Å². The van der Waals surface area contributed by atoms with Crippen LogP contribution in [0.1, 0.15) is 72.7 Å². The Morgan fingerprint density at radius 2 is 1.81 bits per heavy atom. The van der Waals surface area contributed by atoms with Crippen molar-refractivity contribution in [3.8, 4) is 0 Å². The number of halogens is 7. The van der Waals surface area contributed by atoms with E-state index in [4.69, 9.17) is 4.84 Å². The monoisotopic (exact) mass is 618 g/mol. The zero-order chi connectivity index (χ0) is 30.9. The molecule has 1 saturated heterocycles. The zero-order valence-corrected chi connectivity index (χ0v) is 24.5. The Bertz CT molecular complexity index is 1320. The molecule has 230 valence electrons. The summed E-state index contributed by atoms with van der Waals surface area (Å²) in [6, 6.07) is 6.41. The maximum Gasteiger partial charge on any atom is 0.416 e. The average Bonchev–Trinajstić information content (AvgIpc) is 3.33. The molecule has 1 unspecified atom stereocenters. The molecule has 0 spiro atoms. The van der Waals surface area contributed by atoms with Gasteiger partial charge >= 0.3 is 6.18 Å². The number of hydrogen-bond donors (Lipinski definition) is 1. The lowest BCUT2D eigenvalue weighted by Crippen LogP contribution is -2.53. The molecule has 2 fully saturated rings. The molecule has 2 aromatic rings. The Hall–Kier alpha value is -2.64. The van der Waals surface area contributed by atoms with Gasteiger partial charge in [-0.3, -0.25) is 0 Å². The summed E-state index contributed by atoms with van der Waals surface area (Å²) in [5, 5.41) is 6.95. The first-order valence-corrected chi connectivity index (χ1v) is 14.6. The van der Waals surface area contributed by atoms with E-state index in [1.165, 1.54) is 18.7 Å². The summed E-state index contributed by atoms with van der Waals surface area (Å²) in [6.07, 6.45) is -1.71. The molecule has 0 amide bonds. The summed E-state index contributed by atoms with van der Waals surface area (Å²) in [5.74, 6) is -3.79. The van der Waals surface area contributed by atoms with Crippen LogP contribution in [0.4, 0.5) is 30.7 Å². The van der Waals surface area contributed by atoms with E-state index in [0.717, 1.165) is 36.4 Å². The van der Waals surface area contributed by atoms with Crippen LogP contribution in [-0.4, -0.2) is 53.4 Å². The average molecular weight is 619 g/mol. The van der Waals surface area contributed by atoms with Gasteiger partial charge in [-0.05, 0) is 74.4 Å². The van der Waals surface area contributed by atoms with Crippen molar-refractivity contribution in [2.45, 2.75) is 69.7 Å². The highest BCUT2D eigenvalue weighted by molar-refractivity contribution is 7.96. The summed E-state index contributed by atoms with van der Waals surface area (Å²) in [4.78, 5) is 8.51. The quantitative estimate of drug-likeness (QED) is 0.254. The van der Waals surface area contributed by atoms with Crippen LogP contribution in [0.3, 0.4) is 0 Å². The van der Waals surface area contributed by atoms with E-state index in [1.54, 1.807) is 18.2 Å². The third-order valence-corrected chi connectivity index (χ3v) is 8.53. The molecule has 2 aliphatic heterocycles. The van der Waals surface area contributed by atoms with Crippen molar-refractivity contribution in [2.24, 2.45) is 5.16 Å². The van der Waals surface area contributed by atoms with E-state index in [2.05, 4.69) is 32.1 Å². The van der Waals surface area contributed by atoms with Crippen LogP contribution in [0, 0.1) is 6.92 Å². The SMILES string of the molecule is CNC1CN(SC)C1.Cc1cc(C2=NOC(c3cc(C(F)(F)F)cc(C(F)F)n3)(C(C)(F)F)C2)ccc1C=C1CCC1. The minimum atomic E-state index is -5.05. The molecular weight excluding hydrogens is 585 g/mol. The number of allylic oxidation sites excluding steroid dienone is 1. The number of oxime groups is 1. The molecule has 5 rings (SSSR count). The molecular formula is C29H33F7N4OS. The van der Waals surface area contributed by atoms with Gasteiger partial charge in [-0.15, -0.1) is 0 Å². The van der Waals surface area contributed by atoms with Crippen LogP contribution < -0.4 is 5.32 Å². The summed E-state index contributed by atoms with van der Waals surface area (Å²) >= 11 is 1.82. The Morgan fingerprint density at radius 1 is 1.12 bits per heavy atom. The van der Waals surface area contributed by atoms with Gasteiger partial charge in [0.1, 0.15) is 5.69 Å². The predicted octanol–water partition coefficient (Wildman–Crippen LogP) is 7.76. The molecule has 42 heavy (non-hydrogen) atoms. The summed E-state index contributed by atoms with van der Waals surface area (Å²) < 4.78 is 98.5. The fourth-order valence-corrected chi connectivity index (χ4v) is 5.41. The van der Waals surface area contributed by atoms with Crippen LogP contribution in [0.15, 0.2) is 41.1 Å². The third kappa shape index (κ3) is 6.94. The van der Waals surface area contributed by atoms with E-state index in [1.807, 2.05) is 25.9 Å². The highest BCUT2D eigenvalue weighted by Crippen LogP contribution is 2.48. The molecule has 1 aliphatic carbocycles. The minimum absolute atomic E-state index is 0.0604. The number of rotatable bonds is 7. The molecule has 1 aromatic heterocycles. The fraction of sp³-hybridized carbons (Fsp3) is 0.517. The Morgan fingerprint density at radius 3 is 2.31 bits per heavy atom. The van der Waals surface area contributed by atoms with Crippen molar-refractivity contribution >= 4 is 23.7 Å². The molecule has 1 saturated carbocycles. The van der Waals surface area contributed by atoms with Crippen LogP contribution in [0.2, 0.25) is 0 Å². The number of likely N-dealkylation sites (N-methyl/N-ethyl adjacent to an activating group) is 1. The number of nitrogens with one attached hydrogen (secondary N) is 1. The van der Waals surface area contributed by atoms with E-state index < -0.39 is 47.5 Å². The summed E-state index contributed by atoms with van der Waals surface area (Å²) in [5.41, 5.74) is -2.87. The van der Waals surface area contributed by atoms with Gasteiger partial charge in [-0.2, -0.15) is 13.2 Å². The van der Waals surface area contributed by atoms with Crippen LogP contribution >= 0.6 is 11.9 Å². The first-order chi connectivity index (χ1) is 19.7. The smallest absolute Gasteiger partial charge is 0.376 e. The first-order valence-electron chi connectivity index (χ1n) is 13.4. The number of benzene rings is 1. The first kappa shape index (κ1) is 32.3. The number of aryl methyl sites for hydroxylation is 1. The normalized spacial score (nSPS) is 21.2. The number of nitrogens with zero attached hydrogens (tertiary/aromatic N) is 3. The maximum atomic E-state index is 14.8. The number of alkyl halides is 7. The molecule has 3 aliphatic rings. The van der Waals surface area contributed by atoms with Crippen molar-refractivity contribution in [2.75, 3.05) is 26.4 Å². The van der Waals surface area contributed by atoms with Gasteiger partial charge in [0.25, 0.3) is 12.3 Å². The van der Waals surface area contributed by atoms with E-state index in [-0.39, 0.29) is 11.8 Å². The topological polar surface area (TPSA) is 49.8 Å². The van der Waals surface area contributed by atoms with Crippen molar-refractivity contribution in [1.82, 2.24) is 14.6 Å². The highest BCUT2D eigenvalue weighted by Gasteiger charge is 2.59. The highest BCUT2D eigenvalue weighted by atomic mass is 32.2. The fourth-order valence-electron chi connectivity index (χ4n) is 4.75. The number of aromatic nitrogens is 1. The zero-order valence-electron chi connectivity index (χ0n) is 23.7. The van der Waals surface area contributed by atoms with E-state index >= 15 is 0 Å². The number of pyridine rings is 1. The lowest BCUT2D eigenvalue weighted by atomic mass is 9.84. The van der Waals surface area contributed by atoms with Crippen molar-refractivity contribution in [3.05, 3.63) is 69.5 Å². The van der Waals surface area contributed by atoms with Crippen LogP contribution in [0.25, 0.3) is 6.08 Å². The molecule has 1 N–H and O–H groups in total. The second-order valence-electron chi connectivity index (χ2n) is 10.7.